The van der Waals surface area contributed by atoms with Crippen molar-refractivity contribution in [2.45, 2.75) is 28.7 Å². The largest absolute Gasteiger partial charge is 0.506 e. The smallest absolute Gasteiger partial charge is 0.418 e. The second-order valence-corrected chi connectivity index (χ2v) is 15.7. The Balaban J connectivity index is 1.05. The fraction of sp³-hybridized carbons (Fsp3) is 0.231. The summed E-state index contributed by atoms with van der Waals surface area (Å²) in [4.78, 5) is 21.1. The van der Waals surface area contributed by atoms with Crippen LogP contribution in [0.15, 0.2) is 119 Å². The van der Waals surface area contributed by atoms with Crippen LogP contribution in [-0.2, 0) is 28.9 Å². The van der Waals surface area contributed by atoms with Crippen molar-refractivity contribution >= 4 is 39.1 Å². The molecule has 0 spiro atoms. The number of alkyl halides is 6. The molecule has 56 heavy (non-hydrogen) atoms. The van der Waals surface area contributed by atoms with Gasteiger partial charge in [0.2, 0.25) is 0 Å². The number of halogens is 6. The number of hydrogen-bond donors (Lipinski definition) is 3. The van der Waals surface area contributed by atoms with E-state index in [0.29, 0.717) is 54.8 Å². The third-order valence-corrected chi connectivity index (χ3v) is 11.3. The number of carbonyl (C=O) groups is 1. The Morgan fingerprint density at radius 2 is 1.52 bits per heavy atom. The van der Waals surface area contributed by atoms with Crippen molar-refractivity contribution in [2.24, 2.45) is 0 Å². The third kappa shape index (κ3) is 10.3. The van der Waals surface area contributed by atoms with Crippen LogP contribution in [0.2, 0.25) is 0 Å². The summed E-state index contributed by atoms with van der Waals surface area (Å²) < 4.78 is 111. The Hall–Kier alpha value is -5.26. The highest BCUT2D eigenvalue weighted by Crippen LogP contribution is 2.37. The van der Waals surface area contributed by atoms with Gasteiger partial charge in [0.1, 0.15) is 5.75 Å². The lowest BCUT2D eigenvalue weighted by Gasteiger charge is -2.36. The van der Waals surface area contributed by atoms with Crippen LogP contribution in [0, 0.1) is 0 Å². The Morgan fingerprint density at radius 3 is 2.18 bits per heavy atom. The van der Waals surface area contributed by atoms with Crippen LogP contribution in [0.5, 0.6) is 5.75 Å². The number of pyridine rings is 1. The highest BCUT2D eigenvalue weighted by Gasteiger charge is 2.35. The molecular formula is C39H35F6N5O4S2. The molecule has 1 aromatic heterocycles. The van der Waals surface area contributed by atoms with E-state index in [1.807, 2.05) is 44.9 Å². The minimum atomic E-state index is -4.88. The second kappa shape index (κ2) is 16.9. The lowest BCUT2D eigenvalue weighted by atomic mass is 10.00. The lowest BCUT2D eigenvalue weighted by Crippen LogP contribution is -2.46. The van der Waals surface area contributed by atoms with Gasteiger partial charge in [-0.25, -0.2) is 13.1 Å². The van der Waals surface area contributed by atoms with Crippen LogP contribution in [0.3, 0.4) is 0 Å². The molecule has 0 aliphatic carbocycles. The first-order chi connectivity index (χ1) is 26.5. The molecule has 4 aromatic carbocycles. The average molecular weight is 816 g/mol. The molecule has 1 aliphatic heterocycles. The molecule has 1 amide bonds. The monoisotopic (exact) mass is 815 g/mol. The van der Waals surface area contributed by atoms with Crippen molar-refractivity contribution in [2.75, 3.05) is 48.7 Å². The maximum atomic E-state index is 14.0. The normalized spacial score (nSPS) is 14.1. The van der Waals surface area contributed by atoms with E-state index in [-0.39, 0.29) is 35.7 Å². The predicted octanol–water partition coefficient (Wildman–Crippen LogP) is 8.14. The second-order valence-electron chi connectivity index (χ2n) is 12.9. The average Bonchev–Trinajstić information content (AvgIpc) is 3.16. The quantitative estimate of drug-likeness (QED) is 0.0653. The Kier molecular flexibility index (Phi) is 12.2. The van der Waals surface area contributed by atoms with Crippen LogP contribution in [0.4, 0.5) is 37.7 Å². The number of aromatic hydroxyl groups is 1. The number of nitrogens with one attached hydrogen (secondary N) is 2. The molecule has 1 aliphatic rings. The van der Waals surface area contributed by atoms with E-state index in [1.165, 1.54) is 42.4 Å². The molecule has 9 nitrogen and oxygen atoms in total. The topological polar surface area (TPSA) is 115 Å². The third-order valence-electron chi connectivity index (χ3n) is 8.91. The van der Waals surface area contributed by atoms with E-state index < -0.39 is 44.3 Å². The van der Waals surface area contributed by atoms with Crippen molar-refractivity contribution in [3.05, 3.63) is 132 Å². The molecule has 3 N–H and O–H groups in total. The summed E-state index contributed by atoms with van der Waals surface area (Å²) >= 11 is 1.45. The molecule has 2 heterocycles. The number of anilines is 2. The van der Waals surface area contributed by atoms with Crippen molar-refractivity contribution in [1.29, 1.82) is 0 Å². The maximum Gasteiger partial charge on any atom is 0.418 e. The fourth-order valence-electron chi connectivity index (χ4n) is 6.14. The van der Waals surface area contributed by atoms with E-state index in [4.69, 9.17) is 0 Å². The van der Waals surface area contributed by atoms with Crippen molar-refractivity contribution in [1.82, 2.24) is 14.6 Å². The van der Waals surface area contributed by atoms with Crippen LogP contribution >= 0.6 is 11.8 Å². The van der Waals surface area contributed by atoms with Gasteiger partial charge in [0.15, 0.2) is 0 Å². The molecule has 6 rings (SSSR count). The standard InChI is InChI=1S/C39H35F6N5O4S2/c40-38(41,42)30-19-26(18-28(20-30)29-21-32(51)24-46-23-29)25-49-13-15-50(16-14-49)31-8-6-27(7-9-31)37(52)48-56(53,54)34-10-11-36(35(22-34)39(43,44)45)47-12-17-55-33-4-2-1-3-5-33/h1-11,18-24,47,51H,12-17,25H2,(H,48,52). The molecular weight excluding hydrogens is 781 g/mol. The molecule has 17 heteroatoms. The first-order valence-electron chi connectivity index (χ1n) is 17.2. The number of hydrogen-bond acceptors (Lipinski definition) is 9. The molecule has 294 valence electrons. The van der Waals surface area contributed by atoms with E-state index in [0.717, 1.165) is 29.2 Å². The summed E-state index contributed by atoms with van der Waals surface area (Å²) in [7, 11) is -4.69. The zero-order valence-electron chi connectivity index (χ0n) is 29.4. The van der Waals surface area contributed by atoms with Crippen LogP contribution in [0.25, 0.3) is 11.1 Å². The summed E-state index contributed by atoms with van der Waals surface area (Å²) in [5, 5.41) is 12.5. The number of aromatic nitrogens is 1. The Labute approximate surface area is 323 Å². The number of piperazine rings is 1. The fourth-order valence-corrected chi connectivity index (χ4v) is 7.93. The van der Waals surface area contributed by atoms with E-state index in [9.17, 15) is 44.7 Å². The van der Waals surface area contributed by atoms with Gasteiger partial charge in [0.25, 0.3) is 15.9 Å². The Bertz CT molecular complexity index is 2270. The highest BCUT2D eigenvalue weighted by atomic mass is 32.2. The van der Waals surface area contributed by atoms with Crippen molar-refractivity contribution in [3.8, 4) is 16.9 Å². The van der Waals surface area contributed by atoms with Gasteiger partial charge in [-0.3, -0.25) is 14.7 Å². The minimum absolute atomic E-state index is 0.0384. The van der Waals surface area contributed by atoms with Crippen LogP contribution in [-0.4, -0.2) is 67.8 Å². The predicted molar refractivity (Wildman–Crippen MR) is 202 cm³/mol. The molecule has 5 aromatic rings. The molecule has 0 saturated carbocycles. The summed E-state index contributed by atoms with van der Waals surface area (Å²) in [6.07, 6.45) is -6.89. The van der Waals surface area contributed by atoms with E-state index in [1.54, 1.807) is 18.2 Å². The summed E-state index contributed by atoms with van der Waals surface area (Å²) in [5.41, 5.74) is -0.564. The minimum Gasteiger partial charge on any atom is -0.506 e. The van der Waals surface area contributed by atoms with Gasteiger partial charge in [0, 0.05) is 78.6 Å². The van der Waals surface area contributed by atoms with Gasteiger partial charge < -0.3 is 15.3 Å². The number of thioether (sulfide) groups is 1. The first-order valence-corrected chi connectivity index (χ1v) is 19.6. The van der Waals surface area contributed by atoms with Gasteiger partial charge in [-0.05, 0) is 90.0 Å². The molecule has 1 saturated heterocycles. The number of amides is 1. The highest BCUT2D eigenvalue weighted by molar-refractivity contribution is 7.99. The maximum absolute atomic E-state index is 14.0. The first kappa shape index (κ1) is 40.4. The SMILES string of the molecule is O=C(NS(=O)(=O)c1ccc(NCCSc2ccccc2)c(C(F)(F)F)c1)c1ccc(N2CCN(Cc3cc(-c4cncc(O)c4)cc(C(F)(F)F)c3)CC2)cc1. The van der Waals surface area contributed by atoms with E-state index in [2.05, 4.69) is 10.3 Å². The summed E-state index contributed by atoms with van der Waals surface area (Å²) in [6, 6.07) is 22.9. The van der Waals surface area contributed by atoms with Gasteiger partial charge in [-0.2, -0.15) is 26.3 Å². The van der Waals surface area contributed by atoms with Gasteiger partial charge in [-0.15, -0.1) is 11.8 Å². The lowest BCUT2D eigenvalue weighted by molar-refractivity contribution is -0.138. The molecule has 0 atom stereocenters. The molecule has 1 fully saturated rings. The van der Waals surface area contributed by atoms with Crippen molar-refractivity contribution < 1.29 is 44.7 Å². The number of nitrogens with zero attached hydrogens (tertiary/aromatic N) is 3. The zero-order valence-corrected chi connectivity index (χ0v) is 31.1. The summed E-state index contributed by atoms with van der Waals surface area (Å²) in [6.45, 7) is 2.42. The van der Waals surface area contributed by atoms with E-state index >= 15 is 0 Å². The van der Waals surface area contributed by atoms with Crippen LogP contribution < -0.4 is 14.9 Å². The van der Waals surface area contributed by atoms with Gasteiger partial charge in [-0.1, -0.05) is 18.2 Å². The summed E-state index contributed by atoms with van der Waals surface area (Å²) in [5.74, 6) is -0.742. The zero-order chi connectivity index (χ0) is 40.1. The number of benzene rings is 4. The number of sulfonamides is 1. The van der Waals surface area contributed by atoms with Gasteiger partial charge >= 0.3 is 12.4 Å². The Morgan fingerprint density at radius 1 is 0.804 bits per heavy atom. The van der Waals surface area contributed by atoms with Crippen LogP contribution in [0.1, 0.15) is 27.0 Å². The van der Waals surface area contributed by atoms with Gasteiger partial charge in [0.05, 0.1) is 22.2 Å². The number of rotatable bonds is 12. The van der Waals surface area contributed by atoms with Crippen molar-refractivity contribution in [3.63, 3.8) is 0 Å². The number of carbonyl (C=O) groups excluding carboxylic acids is 1. The molecule has 0 bridgehead atoms. The molecule has 0 radical (unpaired) electrons. The molecule has 0 unspecified atom stereocenters.